The Bertz CT molecular complexity index is 919. The number of nitrogens with zero attached hydrogens (tertiary/aromatic N) is 2. The highest BCUT2D eigenvalue weighted by atomic mass is 32.2. The van der Waals surface area contributed by atoms with Crippen molar-refractivity contribution in [1.29, 1.82) is 0 Å². The van der Waals surface area contributed by atoms with Crippen molar-refractivity contribution in [2.75, 3.05) is 11.9 Å². The van der Waals surface area contributed by atoms with Gasteiger partial charge in [0.25, 0.3) is 5.91 Å². The van der Waals surface area contributed by atoms with Gasteiger partial charge in [-0.15, -0.1) is 0 Å². The summed E-state index contributed by atoms with van der Waals surface area (Å²) in [6, 6.07) is 7.87. The molecule has 0 bridgehead atoms. The largest absolute Gasteiger partial charge is 0.350 e. The first-order valence-corrected chi connectivity index (χ1v) is 10.0. The maximum absolute atomic E-state index is 12.4. The minimum absolute atomic E-state index is 0.0608. The first-order chi connectivity index (χ1) is 12.4. The summed E-state index contributed by atoms with van der Waals surface area (Å²) < 4.78 is 22.5. The van der Waals surface area contributed by atoms with Gasteiger partial charge in [0.1, 0.15) is 5.69 Å². The summed E-state index contributed by atoms with van der Waals surface area (Å²) in [5.41, 5.74) is 1.65. The zero-order chi connectivity index (χ0) is 20.2. The van der Waals surface area contributed by atoms with E-state index < -0.39 is 10.0 Å². The summed E-state index contributed by atoms with van der Waals surface area (Å²) in [6.45, 7) is 8.15. The summed E-state index contributed by atoms with van der Waals surface area (Å²) in [5, 5.41) is 11.0. The van der Waals surface area contributed by atoms with E-state index >= 15 is 0 Å². The SMILES string of the molecule is Cc1cc(C(=O)NCCc2ccc(S(N)(=O)=O)cc2)nc(NC(C)(C)C)n1. The van der Waals surface area contributed by atoms with E-state index in [2.05, 4.69) is 20.6 Å². The predicted octanol–water partition coefficient (Wildman–Crippen LogP) is 1.62. The van der Waals surface area contributed by atoms with Gasteiger partial charge in [0.15, 0.2) is 0 Å². The number of sulfonamides is 1. The average Bonchev–Trinajstić information content (AvgIpc) is 2.52. The number of carbonyl (C=O) groups excluding carboxylic acids is 1. The number of amides is 1. The molecule has 1 aromatic carbocycles. The van der Waals surface area contributed by atoms with Crippen molar-refractivity contribution in [3.63, 3.8) is 0 Å². The normalized spacial score (nSPS) is 11.9. The van der Waals surface area contributed by atoms with Crippen molar-refractivity contribution < 1.29 is 13.2 Å². The van der Waals surface area contributed by atoms with Crippen molar-refractivity contribution in [1.82, 2.24) is 15.3 Å². The molecule has 0 saturated heterocycles. The molecule has 0 unspecified atom stereocenters. The molecular formula is C18H25N5O3S. The van der Waals surface area contributed by atoms with E-state index in [-0.39, 0.29) is 16.3 Å². The molecule has 0 saturated carbocycles. The Hall–Kier alpha value is -2.52. The number of rotatable bonds is 6. The fraction of sp³-hybridized carbons (Fsp3) is 0.389. The van der Waals surface area contributed by atoms with Gasteiger partial charge in [-0.25, -0.2) is 23.5 Å². The van der Waals surface area contributed by atoms with E-state index in [0.717, 1.165) is 5.56 Å². The van der Waals surface area contributed by atoms with Gasteiger partial charge in [-0.2, -0.15) is 0 Å². The van der Waals surface area contributed by atoms with Crippen LogP contribution >= 0.6 is 0 Å². The fourth-order valence-electron chi connectivity index (χ4n) is 2.33. The molecule has 9 heteroatoms. The van der Waals surface area contributed by atoms with Gasteiger partial charge in [-0.05, 0) is 57.9 Å². The number of carbonyl (C=O) groups is 1. The average molecular weight is 391 g/mol. The molecule has 1 aromatic heterocycles. The predicted molar refractivity (Wildman–Crippen MR) is 104 cm³/mol. The van der Waals surface area contributed by atoms with Gasteiger partial charge in [0.05, 0.1) is 4.90 Å². The van der Waals surface area contributed by atoms with E-state index in [1.165, 1.54) is 12.1 Å². The maximum Gasteiger partial charge on any atom is 0.270 e. The molecule has 0 atom stereocenters. The molecule has 8 nitrogen and oxygen atoms in total. The Morgan fingerprint density at radius 3 is 2.33 bits per heavy atom. The van der Waals surface area contributed by atoms with Gasteiger partial charge in [-0.1, -0.05) is 12.1 Å². The molecule has 0 radical (unpaired) electrons. The van der Waals surface area contributed by atoms with Crippen LogP contribution in [0.15, 0.2) is 35.2 Å². The third-order valence-corrected chi connectivity index (χ3v) is 4.45. The van der Waals surface area contributed by atoms with Crippen LogP contribution in [0.4, 0.5) is 5.95 Å². The van der Waals surface area contributed by atoms with Crippen molar-refractivity contribution in [3.8, 4) is 0 Å². The van der Waals surface area contributed by atoms with Gasteiger partial charge in [0.2, 0.25) is 16.0 Å². The number of hydrogen-bond acceptors (Lipinski definition) is 6. The molecule has 1 heterocycles. The van der Waals surface area contributed by atoms with E-state index in [1.54, 1.807) is 25.1 Å². The summed E-state index contributed by atoms with van der Waals surface area (Å²) in [7, 11) is -3.70. The van der Waals surface area contributed by atoms with Crippen molar-refractivity contribution in [2.24, 2.45) is 5.14 Å². The van der Waals surface area contributed by atoms with Crippen molar-refractivity contribution in [3.05, 3.63) is 47.3 Å². The van der Waals surface area contributed by atoms with Gasteiger partial charge < -0.3 is 10.6 Å². The Morgan fingerprint density at radius 2 is 1.78 bits per heavy atom. The van der Waals surface area contributed by atoms with Crippen LogP contribution in [0.5, 0.6) is 0 Å². The first kappa shape index (κ1) is 20.8. The number of primary sulfonamides is 1. The van der Waals surface area contributed by atoms with Crippen LogP contribution in [-0.4, -0.2) is 36.4 Å². The number of nitrogens with one attached hydrogen (secondary N) is 2. The number of aromatic nitrogens is 2. The molecule has 0 spiro atoms. The molecule has 0 aliphatic carbocycles. The Morgan fingerprint density at radius 1 is 1.15 bits per heavy atom. The summed E-state index contributed by atoms with van der Waals surface area (Å²) in [6.07, 6.45) is 0.549. The van der Waals surface area contributed by atoms with Crippen LogP contribution in [0.25, 0.3) is 0 Å². The molecule has 2 rings (SSSR count). The molecule has 2 aromatic rings. The third kappa shape index (κ3) is 6.61. The minimum Gasteiger partial charge on any atom is -0.350 e. The Kier molecular flexibility index (Phi) is 6.17. The Labute approximate surface area is 159 Å². The lowest BCUT2D eigenvalue weighted by Gasteiger charge is -2.20. The topological polar surface area (TPSA) is 127 Å². The molecule has 1 amide bonds. The van der Waals surface area contributed by atoms with Crippen molar-refractivity contribution in [2.45, 2.75) is 44.6 Å². The molecule has 27 heavy (non-hydrogen) atoms. The molecule has 4 N–H and O–H groups in total. The summed E-state index contributed by atoms with van der Waals surface area (Å²) >= 11 is 0. The molecule has 0 fully saturated rings. The number of aryl methyl sites for hydroxylation is 1. The van der Waals surface area contributed by atoms with E-state index in [9.17, 15) is 13.2 Å². The molecule has 0 aliphatic heterocycles. The highest BCUT2D eigenvalue weighted by Crippen LogP contribution is 2.12. The zero-order valence-corrected chi connectivity index (χ0v) is 16.7. The lowest BCUT2D eigenvalue weighted by molar-refractivity contribution is 0.0949. The quantitative estimate of drug-likeness (QED) is 0.687. The minimum atomic E-state index is -3.70. The lowest BCUT2D eigenvalue weighted by Crippen LogP contribution is -2.30. The number of nitrogens with two attached hydrogens (primary N) is 1. The van der Waals surface area contributed by atoms with Gasteiger partial charge in [-0.3, -0.25) is 4.79 Å². The molecule has 146 valence electrons. The van der Waals surface area contributed by atoms with E-state index in [4.69, 9.17) is 5.14 Å². The van der Waals surface area contributed by atoms with Gasteiger partial charge in [0, 0.05) is 17.8 Å². The number of hydrogen-bond donors (Lipinski definition) is 3. The highest BCUT2D eigenvalue weighted by Gasteiger charge is 2.15. The summed E-state index contributed by atoms with van der Waals surface area (Å²) in [4.78, 5) is 21.0. The second-order valence-corrected chi connectivity index (χ2v) is 8.85. The smallest absolute Gasteiger partial charge is 0.270 e. The number of benzene rings is 1. The zero-order valence-electron chi connectivity index (χ0n) is 15.9. The Balaban J connectivity index is 1.97. The lowest BCUT2D eigenvalue weighted by atomic mass is 10.1. The van der Waals surface area contributed by atoms with Crippen LogP contribution in [-0.2, 0) is 16.4 Å². The highest BCUT2D eigenvalue weighted by molar-refractivity contribution is 7.89. The molecular weight excluding hydrogens is 366 g/mol. The molecule has 0 aliphatic rings. The van der Waals surface area contributed by atoms with Crippen LogP contribution in [0.1, 0.15) is 42.5 Å². The fourth-order valence-corrected chi connectivity index (χ4v) is 2.85. The third-order valence-electron chi connectivity index (χ3n) is 3.52. The van der Waals surface area contributed by atoms with E-state index in [1.807, 2.05) is 20.8 Å². The van der Waals surface area contributed by atoms with E-state index in [0.29, 0.717) is 30.3 Å². The first-order valence-electron chi connectivity index (χ1n) is 8.48. The maximum atomic E-state index is 12.4. The summed E-state index contributed by atoms with van der Waals surface area (Å²) in [5.74, 6) is 0.116. The monoisotopic (exact) mass is 391 g/mol. The standard InChI is InChI=1S/C18H25N5O3S/c1-12-11-15(22-17(21-12)23-18(2,3)4)16(24)20-10-9-13-5-7-14(8-6-13)27(19,25)26/h5-8,11H,9-10H2,1-4H3,(H,20,24)(H2,19,25,26)(H,21,22,23). The van der Waals surface area contributed by atoms with Crippen LogP contribution in [0.2, 0.25) is 0 Å². The second kappa shape index (κ2) is 8.01. The van der Waals surface area contributed by atoms with Crippen LogP contribution < -0.4 is 15.8 Å². The van der Waals surface area contributed by atoms with Crippen LogP contribution in [0, 0.1) is 6.92 Å². The van der Waals surface area contributed by atoms with Crippen molar-refractivity contribution >= 4 is 21.9 Å². The van der Waals surface area contributed by atoms with Crippen LogP contribution in [0.3, 0.4) is 0 Å². The number of anilines is 1. The van der Waals surface area contributed by atoms with Gasteiger partial charge >= 0.3 is 0 Å². The second-order valence-electron chi connectivity index (χ2n) is 7.29.